The quantitative estimate of drug-likeness (QED) is 0.687. The van der Waals surface area contributed by atoms with Gasteiger partial charge in [-0.25, -0.2) is 0 Å². The van der Waals surface area contributed by atoms with E-state index in [1.54, 1.807) is 0 Å². The molecule has 2 nitrogen and oxygen atoms in total. The van der Waals surface area contributed by atoms with Gasteiger partial charge in [0.15, 0.2) is 0 Å². The monoisotopic (exact) mass is 316 g/mol. The third-order valence-corrected chi connectivity index (χ3v) is 4.50. The van der Waals surface area contributed by atoms with Gasteiger partial charge in [0.05, 0.1) is 13.2 Å². The molecular formula is C19H24O2S. The van der Waals surface area contributed by atoms with E-state index in [0.717, 1.165) is 42.3 Å². The minimum absolute atomic E-state index is 0.120. The highest BCUT2D eigenvalue weighted by atomic mass is 32.2. The van der Waals surface area contributed by atoms with Crippen LogP contribution in [0.2, 0.25) is 0 Å². The van der Waals surface area contributed by atoms with Crippen LogP contribution in [0.15, 0.2) is 48.5 Å². The molecule has 2 aromatic rings. The average molecular weight is 316 g/mol. The van der Waals surface area contributed by atoms with E-state index in [1.165, 1.54) is 11.1 Å². The van der Waals surface area contributed by atoms with Crippen LogP contribution < -0.4 is 4.74 Å². The van der Waals surface area contributed by atoms with Gasteiger partial charge < -0.3 is 9.84 Å². The van der Waals surface area contributed by atoms with E-state index in [-0.39, 0.29) is 6.61 Å². The lowest BCUT2D eigenvalue weighted by molar-refractivity contribution is 0.282. The highest BCUT2D eigenvalue weighted by Gasteiger charge is 1.97. The molecule has 0 aliphatic heterocycles. The van der Waals surface area contributed by atoms with Crippen molar-refractivity contribution in [3.05, 3.63) is 65.2 Å². The topological polar surface area (TPSA) is 29.5 Å². The number of aryl methyl sites for hydroxylation is 1. The van der Waals surface area contributed by atoms with Crippen LogP contribution in [-0.2, 0) is 12.4 Å². The second kappa shape index (κ2) is 9.54. The van der Waals surface area contributed by atoms with Gasteiger partial charge in [-0.2, -0.15) is 11.8 Å². The van der Waals surface area contributed by atoms with Crippen molar-refractivity contribution in [2.45, 2.75) is 32.1 Å². The number of rotatable bonds is 9. The minimum Gasteiger partial charge on any atom is -0.494 e. The molecule has 0 aliphatic carbocycles. The zero-order chi connectivity index (χ0) is 15.6. The Hall–Kier alpha value is -1.45. The molecule has 0 saturated heterocycles. The molecule has 0 radical (unpaired) electrons. The van der Waals surface area contributed by atoms with Gasteiger partial charge >= 0.3 is 0 Å². The number of hydrogen-bond donors (Lipinski definition) is 1. The summed E-state index contributed by atoms with van der Waals surface area (Å²) in [4.78, 5) is 0. The van der Waals surface area contributed by atoms with Gasteiger partial charge in [-0.1, -0.05) is 36.4 Å². The summed E-state index contributed by atoms with van der Waals surface area (Å²) in [5.74, 6) is 3.11. The van der Waals surface area contributed by atoms with Crippen LogP contribution in [0.5, 0.6) is 5.75 Å². The fraction of sp³-hybridized carbons (Fsp3) is 0.368. The molecule has 0 saturated carbocycles. The average Bonchev–Trinajstić information content (AvgIpc) is 2.54. The van der Waals surface area contributed by atoms with Crippen LogP contribution in [0, 0.1) is 6.92 Å². The lowest BCUT2D eigenvalue weighted by Gasteiger charge is -2.07. The van der Waals surface area contributed by atoms with Gasteiger partial charge in [0.1, 0.15) is 5.75 Å². The maximum Gasteiger partial charge on any atom is 0.119 e. The summed E-state index contributed by atoms with van der Waals surface area (Å²) in [5, 5.41) is 9.12. The summed E-state index contributed by atoms with van der Waals surface area (Å²) in [6.07, 6.45) is 2.24. The molecule has 0 fully saturated rings. The number of aliphatic hydroxyl groups is 1. The predicted molar refractivity (Wildman–Crippen MR) is 94.4 cm³/mol. The van der Waals surface area contributed by atoms with Crippen molar-refractivity contribution in [1.29, 1.82) is 0 Å². The summed E-state index contributed by atoms with van der Waals surface area (Å²) < 4.78 is 5.74. The van der Waals surface area contributed by atoms with Gasteiger partial charge in [0, 0.05) is 5.75 Å². The first-order valence-electron chi connectivity index (χ1n) is 7.74. The largest absolute Gasteiger partial charge is 0.494 e. The van der Waals surface area contributed by atoms with Crippen molar-refractivity contribution in [2.24, 2.45) is 0 Å². The van der Waals surface area contributed by atoms with E-state index in [9.17, 15) is 0 Å². The van der Waals surface area contributed by atoms with E-state index < -0.39 is 0 Å². The second-order valence-electron chi connectivity index (χ2n) is 5.40. The van der Waals surface area contributed by atoms with E-state index in [1.807, 2.05) is 36.0 Å². The fourth-order valence-electron chi connectivity index (χ4n) is 2.21. The molecule has 2 aromatic carbocycles. The van der Waals surface area contributed by atoms with E-state index in [4.69, 9.17) is 9.84 Å². The first-order valence-corrected chi connectivity index (χ1v) is 8.89. The van der Waals surface area contributed by atoms with Crippen molar-refractivity contribution in [1.82, 2.24) is 0 Å². The van der Waals surface area contributed by atoms with E-state index in [2.05, 4.69) is 31.2 Å². The predicted octanol–water partition coefficient (Wildman–Crippen LogP) is 4.58. The number of hydrogen-bond acceptors (Lipinski definition) is 3. The summed E-state index contributed by atoms with van der Waals surface area (Å²) in [7, 11) is 0. The van der Waals surface area contributed by atoms with Crippen molar-refractivity contribution in [3.8, 4) is 5.75 Å². The molecule has 118 valence electrons. The number of benzene rings is 2. The summed E-state index contributed by atoms with van der Waals surface area (Å²) in [5.41, 5.74) is 3.51. The summed E-state index contributed by atoms with van der Waals surface area (Å²) in [6.45, 7) is 2.98. The molecule has 0 unspecified atom stereocenters. The molecule has 0 aliphatic rings. The third-order valence-electron chi connectivity index (χ3n) is 3.38. The zero-order valence-electron chi connectivity index (χ0n) is 13.1. The first-order chi connectivity index (χ1) is 10.8. The Balaban J connectivity index is 1.56. The normalized spacial score (nSPS) is 10.6. The van der Waals surface area contributed by atoms with Gasteiger partial charge in [-0.3, -0.25) is 0 Å². The van der Waals surface area contributed by atoms with Crippen molar-refractivity contribution in [2.75, 3.05) is 12.4 Å². The van der Waals surface area contributed by atoms with Crippen molar-refractivity contribution >= 4 is 11.8 Å². The number of thioether (sulfide) groups is 1. The Morgan fingerprint density at radius 3 is 2.64 bits per heavy atom. The zero-order valence-corrected chi connectivity index (χ0v) is 13.9. The Kier molecular flexibility index (Phi) is 7.34. The molecule has 1 N–H and O–H groups in total. The van der Waals surface area contributed by atoms with Gasteiger partial charge in [0.25, 0.3) is 0 Å². The third kappa shape index (κ3) is 6.12. The van der Waals surface area contributed by atoms with Gasteiger partial charge in [-0.05, 0) is 54.3 Å². The molecule has 0 spiro atoms. The molecule has 0 amide bonds. The number of ether oxygens (including phenoxy) is 1. The number of aliphatic hydroxyl groups excluding tert-OH is 1. The number of unbranched alkanes of at least 4 members (excludes halogenated alkanes) is 1. The Labute approximate surface area is 137 Å². The molecule has 0 heterocycles. The minimum atomic E-state index is 0.120. The van der Waals surface area contributed by atoms with Crippen LogP contribution in [0.25, 0.3) is 0 Å². The second-order valence-corrected chi connectivity index (χ2v) is 6.51. The lowest BCUT2D eigenvalue weighted by Crippen LogP contribution is -1.98. The molecule has 0 atom stereocenters. The highest BCUT2D eigenvalue weighted by Crippen LogP contribution is 2.16. The Bertz CT molecular complexity index is 569. The van der Waals surface area contributed by atoms with Crippen LogP contribution >= 0.6 is 11.8 Å². The summed E-state index contributed by atoms with van der Waals surface area (Å²) >= 11 is 1.94. The van der Waals surface area contributed by atoms with Crippen LogP contribution in [-0.4, -0.2) is 17.5 Å². The Morgan fingerprint density at radius 2 is 1.82 bits per heavy atom. The van der Waals surface area contributed by atoms with Crippen molar-refractivity contribution < 1.29 is 9.84 Å². The maximum absolute atomic E-state index is 9.12. The van der Waals surface area contributed by atoms with Crippen LogP contribution in [0.4, 0.5) is 0 Å². The fourth-order valence-corrected chi connectivity index (χ4v) is 3.18. The first kappa shape index (κ1) is 16.9. The Morgan fingerprint density at radius 1 is 1.00 bits per heavy atom. The standard InChI is InChI=1S/C19H24O2S/c1-16-6-4-9-19(12-16)21-10-2-3-11-22-15-18-8-5-7-17(13-18)14-20/h4-9,12-13,20H,2-3,10-11,14-15H2,1H3. The molecule has 22 heavy (non-hydrogen) atoms. The maximum atomic E-state index is 9.12. The highest BCUT2D eigenvalue weighted by molar-refractivity contribution is 7.98. The SMILES string of the molecule is Cc1cccc(OCCCCSCc2cccc(CO)c2)c1. The van der Waals surface area contributed by atoms with E-state index >= 15 is 0 Å². The summed E-state index contributed by atoms with van der Waals surface area (Å²) in [6, 6.07) is 16.4. The van der Waals surface area contributed by atoms with E-state index in [0.29, 0.717) is 0 Å². The van der Waals surface area contributed by atoms with Crippen LogP contribution in [0.1, 0.15) is 29.5 Å². The van der Waals surface area contributed by atoms with Crippen LogP contribution in [0.3, 0.4) is 0 Å². The molecule has 0 aromatic heterocycles. The van der Waals surface area contributed by atoms with Gasteiger partial charge in [-0.15, -0.1) is 0 Å². The van der Waals surface area contributed by atoms with Crippen molar-refractivity contribution in [3.63, 3.8) is 0 Å². The molecule has 2 rings (SSSR count). The molecular weight excluding hydrogens is 292 g/mol. The smallest absolute Gasteiger partial charge is 0.119 e. The molecule has 0 bridgehead atoms. The van der Waals surface area contributed by atoms with Gasteiger partial charge in [0.2, 0.25) is 0 Å². The lowest BCUT2D eigenvalue weighted by atomic mass is 10.1. The molecule has 3 heteroatoms.